The number of anilines is 1. The minimum atomic E-state index is -1.16. The lowest BCUT2D eigenvalue weighted by Gasteiger charge is -2.45. The molecule has 0 saturated heterocycles. The van der Waals surface area contributed by atoms with E-state index in [4.69, 9.17) is 14.2 Å². The molecule has 3 rings (SSSR count). The van der Waals surface area contributed by atoms with Crippen molar-refractivity contribution in [3.8, 4) is 11.8 Å². The Morgan fingerprint density at radius 2 is 2.04 bits per heavy atom. The van der Waals surface area contributed by atoms with Gasteiger partial charge < -0.3 is 24.6 Å². The molecule has 2 heterocycles. The van der Waals surface area contributed by atoms with Crippen LogP contribution in [0.3, 0.4) is 0 Å². The van der Waals surface area contributed by atoms with Crippen LogP contribution in [0, 0.1) is 11.3 Å². The van der Waals surface area contributed by atoms with Gasteiger partial charge >= 0.3 is 0 Å². The van der Waals surface area contributed by atoms with Crippen molar-refractivity contribution < 1.29 is 19.3 Å². The molecule has 2 atom stereocenters. The topological polar surface area (TPSA) is 119 Å². The lowest BCUT2D eigenvalue weighted by molar-refractivity contribution is -0.142. The number of benzene rings is 1. The van der Waals surface area contributed by atoms with Crippen molar-refractivity contribution in [3.63, 3.8) is 0 Å². The maximum absolute atomic E-state index is 11.6. The summed E-state index contributed by atoms with van der Waals surface area (Å²) in [6, 6.07) is 9.31. The molecule has 0 saturated carbocycles. The number of fused-ring (bicyclic) bond motifs is 1. The molecule has 0 spiro atoms. The Bertz CT molecular complexity index is 946. The summed E-state index contributed by atoms with van der Waals surface area (Å²) in [6.45, 7) is 0.167. The minimum Gasteiger partial charge on any atom is -0.479 e. The highest BCUT2D eigenvalue weighted by atomic mass is 16.6. The highest BCUT2D eigenvalue weighted by molar-refractivity contribution is 5.50. The predicted octanol–water partition coefficient (Wildman–Crippen LogP) is 0.590. The van der Waals surface area contributed by atoms with Crippen molar-refractivity contribution in [3.05, 3.63) is 51.8 Å². The van der Waals surface area contributed by atoms with Crippen molar-refractivity contribution >= 4 is 5.82 Å². The standard InChI is InChI=1S/C19H22N4O5/c1-23-16(24)7-6-15(22-23)21-17-13-8-12(9-20)4-5-14(13)28-19(10-26-2,11-27-3)18(17)25/h4-8,17-18,25H,10-11H2,1-3H3,(H,21,22). The van der Waals surface area contributed by atoms with Crippen LogP contribution in [0.2, 0.25) is 0 Å². The van der Waals surface area contributed by atoms with Crippen LogP contribution in [0.25, 0.3) is 0 Å². The smallest absolute Gasteiger partial charge is 0.266 e. The Morgan fingerprint density at radius 3 is 2.64 bits per heavy atom. The van der Waals surface area contributed by atoms with Gasteiger partial charge in [0.05, 0.1) is 30.9 Å². The van der Waals surface area contributed by atoms with E-state index in [0.29, 0.717) is 22.7 Å². The van der Waals surface area contributed by atoms with Gasteiger partial charge in [-0.25, -0.2) is 4.68 Å². The van der Waals surface area contributed by atoms with Gasteiger partial charge in [0.25, 0.3) is 5.56 Å². The van der Waals surface area contributed by atoms with Crippen molar-refractivity contribution in [2.75, 3.05) is 32.8 Å². The summed E-state index contributed by atoms with van der Waals surface area (Å²) < 4.78 is 17.9. The average Bonchev–Trinajstić information content (AvgIpc) is 2.68. The Balaban J connectivity index is 2.09. The first-order valence-electron chi connectivity index (χ1n) is 8.64. The fraction of sp³-hybridized carbons (Fsp3) is 0.421. The lowest BCUT2D eigenvalue weighted by Crippen LogP contribution is -2.60. The second kappa shape index (κ2) is 7.98. The molecular weight excluding hydrogens is 364 g/mol. The van der Waals surface area contributed by atoms with Gasteiger partial charge in [-0.1, -0.05) is 0 Å². The van der Waals surface area contributed by atoms with Crippen LogP contribution in [0.1, 0.15) is 17.2 Å². The number of aromatic nitrogens is 2. The molecule has 2 N–H and O–H groups in total. The van der Waals surface area contributed by atoms with Gasteiger partial charge in [0.1, 0.15) is 17.7 Å². The van der Waals surface area contributed by atoms with Gasteiger partial charge in [-0.3, -0.25) is 4.79 Å². The van der Waals surface area contributed by atoms with Crippen LogP contribution in [-0.2, 0) is 16.5 Å². The molecule has 9 nitrogen and oxygen atoms in total. The number of nitriles is 1. The van der Waals surface area contributed by atoms with E-state index in [1.165, 1.54) is 38.1 Å². The van der Waals surface area contributed by atoms with Crippen LogP contribution in [-0.4, -0.2) is 54.0 Å². The first-order chi connectivity index (χ1) is 13.4. The van der Waals surface area contributed by atoms with E-state index in [0.717, 1.165) is 0 Å². The summed E-state index contributed by atoms with van der Waals surface area (Å²) in [6.07, 6.45) is -1.09. The largest absolute Gasteiger partial charge is 0.479 e. The molecule has 0 radical (unpaired) electrons. The normalized spacial score (nSPS) is 20.0. The number of ether oxygens (including phenoxy) is 3. The maximum Gasteiger partial charge on any atom is 0.266 e. The molecule has 1 aliphatic heterocycles. The highest BCUT2D eigenvalue weighted by Gasteiger charge is 2.50. The van der Waals surface area contributed by atoms with Crippen LogP contribution >= 0.6 is 0 Å². The van der Waals surface area contributed by atoms with Crippen molar-refractivity contribution in [2.24, 2.45) is 7.05 Å². The van der Waals surface area contributed by atoms with Gasteiger partial charge in [-0.15, -0.1) is 0 Å². The number of rotatable bonds is 6. The molecule has 0 amide bonds. The van der Waals surface area contributed by atoms with Crippen LogP contribution in [0.4, 0.5) is 5.82 Å². The van der Waals surface area contributed by atoms with Crippen molar-refractivity contribution in [2.45, 2.75) is 17.7 Å². The van der Waals surface area contributed by atoms with Crippen molar-refractivity contribution in [1.82, 2.24) is 9.78 Å². The SMILES string of the molecule is COCC1(COC)Oc2ccc(C#N)cc2C(Nc2ccc(=O)n(C)n2)C1O. The molecule has 2 aromatic rings. The first-order valence-corrected chi connectivity index (χ1v) is 8.64. The van der Waals surface area contributed by atoms with E-state index in [-0.39, 0.29) is 18.8 Å². The number of aliphatic hydroxyl groups is 1. The molecule has 2 unspecified atom stereocenters. The number of hydrogen-bond acceptors (Lipinski definition) is 8. The average molecular weight is 386 g/mol. The molecule has 1 aromatic heterocycles. The third-order valence-electron chi connectivity index (χ3n) is 4.68. The van der Waals surface area contributed by atoms with Crippen molar-refractivity contribution in [1.29, 1.82) is 5.26 Å². The summed E-state index contributed by atoms with van der Waals surface area (Å²) in [7, 11) is 4.56. The minimum absolute atomic E-state index is 0.0837. The van der Waals surface area contributed by atoms with Gasteiger partial charge in [0.15, 0.2) is 5.60 Å². The number of nitrogens with zero attached hydrogens (tertiary/aromatic N) is 3. The van der Waals surface area contributed by atoms with E-state index in [2.05, 4.69) is 16.5 Å². The van der Waals surface area contributed by atoms with Crippen LogP contribution < -0.4 is 15.6 Å². The Labute approximate surface area is 162 Å². The van der Waals surface area contributed by atoms with Crippen LogP contribution in [0.15, 0.2) is 35.1 Å². The molecule has 148 valence electrons. The third-order valence-corrected chi connectivity index (χ3v) is 4.68. The van der Waals surface area contributed by atoms with Gasteiger partial charge in [-0.2, -0.15) is 10.4 Å². The summed E-state index contributed by atoms with van der Waals surface area (Å²) >= 11 is 0. The predicted molar refractivity (Wildman–Crippen MR) is 100 cm³/mol. The number of aliphatic hydroxyl groups excluding tert-OH is 1. The van der Waals surface area contributed by atoms with E-state index in [9.17, 15) is 15.2 Å². The zero-order valence-corrected chi connectivity index (χ0v) is 15.9. The number of aryl methyl sites for hydroxylation is 1. The maximum atomic E-state index is 11.6. The quantitative estimate of drug-likeness (QED) is 0.740. The molecule has 28 heavy (non-hydrogen) atoms. The van der Waals surface area contributed by atoms with E-state index >= 15 is 0 Å². The lowest BCUT2D eigenvalue weighted by atomic mass is 9.84. The first kappa shape index (κ1) is 19.8. The fourth-order valence-corrected chi connectivity index (χ4v) is 3.36. The molecule has 1 aliphatic rings. The van der Waals surface area contributed by atoms with Gasteiger partial charge in [0, 0.05) is 32.9 Å². The Morgan fingerprint density at radius 1 is 1.32 bits per heavy atom. The van der Waals surface area contributed by atoms with E-state index < -0.39 is 17.7 Å². The molecule has 0 aliphatic carbocycles. The fourth-order valence-electron chi connectivity index (χ4n) is 3.36. The second-order valence-electron chi connectivity index (χ2n) is 6.64. The second-order valence-corrected chi connectivity index (χ2v) is 6.64. The summed E-state index contributed by atoms with van der Waals surface area (Å²) in [5.74, 6) is 0.894. The zero-order chi connectivity index (χ0) is 20.3. The van der Waals surface area contributed by atoms with E-state index in [1.807, 2.05) is 0 Å². The summed E-state index contributed by atoms with van der Waals surface area (Å²) in [4.78, 5) is 11.6. The Kier molecular flexibility index (Phi) is 5.65. The summed E-state index contributed by atoms with van der Waals surface area (Å²) in [5, 5.41) is 27.8. The number of hydrogen-bond donors (Lipinski definition) is 2. The molecule has 9 heteroatoms. The van der Waals surface area contributed by atoms with Gasteiger partial charge in [-0.05, 0) is 24.3 Å². The monoisotopic (exact) mass is 386 g/mol. The van der Waals surface area contributed by atoms with Gasteiger partial charge in [0.2, 0.25) is 0 Å². The third kappa shape index (κ3) is 3.57. The molecule has 1 aromatic carbocycles. The Hall–Kier alpha value is -2.93. The molecule has 0 fully saturated rings. The highest BCUT2D eigenvalue weighted by Crippen LogP contribution is 2.42. The zero-order valence-electron chi connectivity index (χ0n) is 15.9. The van der Waals surface area contributed by atoms with Crippen LogP contribution in [0.5, 0.6) is 5.75 Å². The number of methoxy groups -OCH3 is 2. The molecule has 0 bridgehead atoms. The van der Waals surface area contributed by atoms with E-state index in [1.54, 1.807) is 18.2 Å². The summed E-state index contributed by atoms with van der Waals surface area (Å²) in [5.41, 5.74) is -0.382. The molecular formula is C19H22N4O5. The number of nitrogens with one attached hydrogen (secondary N) is 1.